The van der Waals surface area contributed by atoms with E-state index in [0.717, 1.165) is 22.9 Å². The first-order valence-electron chi connectivity index (χ1n) is 8.01. The second-order valence-electron chi connectivity index (χ2n) is 5.93. The molecule has 0 bridgehead atoms. The third-order valence-corrected chi connectivity index (χ3v) is 4.87. The van der Waals surface area contributed by atoms with Crippen molar-refractivity contribution in [3.63, 3.8) is 0 Å². The van der Waals surface area contributed by atoms with E-state index in [1.54, 1.807) is 45.1 Å². The third-order valence-electron chi connectivity index (χ3n) is 4.87. The van der Waals surface area contributed by atoms with Crippen LogP contribution in [0.4, 0.5) is 0 Å². The van der Waals surface area contributed by atoms with Gasteiger partial charge in [-0.05, 0) is 30.2 Å². The van der Waals surface area contributed by atoms with Gasteiger partial charge in [-0.2, -0.15) is 0 Å². The SMILES string of the molecule is COc1ccc2c(=O)n3c4c(cc(OC)c(OC)c4c2c1OC)CC3. The number of ether oxygens (including phenoxy) is 4. The second-order valence-corrected chi connectivity index (χ2v) is 5.93. The number of fused-ring (bicyclic) bond motifs is 2. The summed E-state index contributed by atoms with van der Waals surface area (Å²) < 4.78 is 24.1. The molecule has 0 amide bonds. The van der Waals surface area contributed by atoms with Gasteiger partial charge in [0.25, 0.3) is 5.56 Å². The largest absolute Gasteiger partial charge is 0.493 e. The van der Waals surface area contributed by atoms with E-state index in [-0.39, 0.29) is 5.56 Å². The highest BCUT2D eigenvalue weighted by atomic mass is 16.5. The van der Waals surface area contributed by atoms with Crippen molar-refractivity contribution in [2.75, 3.05) is 28.4 Å². The summed E-state index contributed by atoms with van der Waals surface area (Å²) in [6.07, 6.45) is 0.780. The number of benzene rings is 2. The molecule has 1 aromatic heterocycles. The summed E-state index contributed by atoms with van der Waals surface area (Å²) in [4.78, 5) is 13.0. The van der Waals surface area contributed by atoms with Crippen molar-refractivity contribution in [3.8, 4) is 23.0 Å². The molecule has 1 aliphatic rings. The third kappa shape index (κ3) is 1.94. The van der Waals surface area contributed by atoms with Crippen LogP contribution >= 0.6 is 0 Å². The van der Waals surface area contributed by atoms with Crippen LogP contribution in [0.2, 0.25) is 0 Å². The molecule has 6 heteroatoms. The van der Waals surface area contributed by atoms with Gasteiger partial charge in [-0.3, -0.25) is 4.79 Å². The summed E-state index contributed by atoms with van der Waals surface area (Å²) in [5, 5.41) is 2.08. The molecule has 4 rings (SSSR count). The normalized spacial score (nSPS) is 12.6. The Morgan fingerprint density at radius 1 is 0.880 bits per heavy atom. The first kappa shape index (κ1) is 15.6. The number of hydrogen-bond donors (Lipinski definition) is 0. The van der Waals surface area contributed by atoms with Crippen LogP contribution in [0.5, 0.6) is 23.0 Å². The maximum atomic E-state index is 13.0. The number of aryl methyl sites for hydroxylation is 2. The summed E-state index contributed by atoms with van der Waals surface area (Å²) in [5.41, 5.74) is 1.91. The lowest BCUT2D eigenvalue weighted by atomic mass is 10.0. The Kier molecular flexibility index (Phi) is 3.49. The quantitative estimate of drug-likeness (QED) is 0.683. The maximum absolute atomic E-state index is 13.0. The molecule has 0 saturated heterocycles. The van der Waals surface area contributed by atoms with E-state index in [2.05, 4.69) is 0 Å². The van der Waals surface area contributed by atoms with Crippen molar-refractivity contribution in [3.05, 3.63) is 34.1 Å². The number of hydrogen-bond acceptors (Lipinski definition) is 5. The summed E-state index contributed by atoms with van der Waals surface area (Å²) in [6, 6.07) is 5.48. The molecule has 0 aliphatic carbocycles. The Morgan fingerprint density at radius 3 is 2.20 bits per heavy atom. The summed E-state index contributed by atoms with van der Waals surface area (Å²) in [6.45, 7) is 0.644. The fraction of sp³-hybridized carbons (Fsp3) is 0.316. The highest BCUT2D eigenvalue weighted by Gasteiger charge is 2.27. The van der Waals surface area contributed by atoms with Crippen LogP contribution in [0.15, 0.2) is 23.0 Å². The molecular weight excluding hydrogens is 322 g/mol. The van der Waals surface area contributed by atoms with Gasteiger partial charge < -0.3 is 23.5 Å². The van der Waals surface area contributed by atoms with Gasteiger partial charge in [0.1, 0.15) is 0 Å². The number of pyridine rings is 1. The Balaban J connectivity index is 2.37. The minimum atomic E-state index is -0.0329. The Hall–Kier alpha value is -2.89. The van der Waals surface area contributed by atoms with Crippen molar-refractivity contribution in [2.45, 2.75) is 13.0 Å². The van der Waals surface area contributed by atoms with Crippen molar-refractivity contribution in [2.24, 2.45) is 0 Å². The highest BCUT2D eigenvalue weighted by molar-refractivity contribution is 6.14. The average molecular weight is 341 g/mol. The number of methoxy groups -OCH3 is 4. The van der Waals surface area contributed by atoms with E-state index in [0.29, 0.717) is 40.3 Å². The zero-order valence-corrected chi connectivity index (χ0v) is 14.6. The van der Waals surface area contributed by atoms with Gasteiger partial charge in [-0.15, -0.1) is 0 Å². The Labute approximate surface area is 144 Å². The standard InChI is InChI=1S/C19H19NO5/c1-22-12-6-5-11-14(17(12)24-3)15-16-10(7-8-20(16)19(11)21)9-13(23-2)18(15)25-4/h5-6,9H,7-8H2,1-4H3. The minimum Gasteiger partial charge on any atom is -0.493 e. The molecule has 0 saturated carbocycles. The lowest BCUT2D eigenvalue weighted by molar-refractivity contribution is 0.356. The van der Waals surface area contributed by atoms with Crippen LogP contribution in [0.1, 0.15) is 5.56 Å². The van der Waals surface area contributed by atoms with Crippen LogP contribution < -0.4 is 24.5 Å². The lowest BCUT2D eigenvalue weighted by Crippen LogP contribution is -2.18. The predicted molar refractivity (Wildman–Crippen MR) is 95.6 cm³/mol. The van der Waals surface area contributed by atoms with Gasteiger partial charge in [-0.25, -0.2) is 0 Å². The van der Waals surface area contributed by atoms with Crippen LogP contribution in [-0.2, 0) is 13.0 Å². The van der Waals surface area contributed by atoms with Crippen molar-refractivity contribution >= 4 is 21.7 Å². The minimum absolute atomic E-state index is 0.0329. The molecule has 1 aliphatic heterocycles. The molecule has 3 aromatic rings. The molecule has 25 heavy (non-hydrogen) atoms. The average Bonchev–Trinajstić information content (AvgIpc) is 3.07. The van der Waals surface area contributed by atoms with E-state index in [1.807, 2.05) is 6.07 Å². The number of nitrogens with zero attached hydrogens (tertiary/aromatic N) is 1. The van der Waals surface area contributed by atoms with E-state index < -0.39 is 0 Å². The molecule has 0 spiro atoms. The lowest BCUT2D eigenvalue weighted by Gasteiger charge is -2.18. The van der Waals surface area contributed by atoms with Crippen molar-refractivity contribution in [1.29, 1.82) is 0 Å². The van der Waals surface area contributed by atoms with E-state index >= 15 is 0 Å². The fourth-order valence-corrected chi connectivity index (χ4v) is 3.81. The summed E-state index contributed by atoms with van der Waals surface area (Å²) >= 11 is 0. The summed E-state index contributed by atoms with van der Waals surface area (Å²) in [5.74, 6) is 2.32. The monoisotopic (exact) mass is 341 g/mol. The second kappa shape index (κ2) is 5.58. The van der Waals surface area contributed by atoms with Crippen LogP contribution in [0.25, 0.3) is 21.7 Å². The predicted octanol–water partition coefficient (Wildman–Crippen LogP) is 2.75. The molecule has 2 aromatic carbocycles. The molecule has 0 fully saturated rings. The molecule has 2 heterocycles. The first-order valence-corrected chi connectivity index (χ1v) is 8.01. The molecule has 0 radical (unpaired) electrons. The van der Waals surface area contributed by atoms with Crippen LogP contribution in [0.3, 0.4) is 0 Å². The number of aromatic nitrogens is 1. The van der Waals surface area contributed by atoms with Gasteiger partial charge in [0.2, 0.25) is 0 Å². The topological polar surface area (TPSA) is 58.9 Å². The highest BCUT2D eigenvalue weighted by Crippen LogP contribution is 2.47. The van der Waals surface area contributed by atoms with Crippen molar-refractivity contribution < 1.29 is 18.9 Å². The van der Waals surface area contributed by atoms with E-state index in [4.69, 9.17) is 18.9 Å². The molecule has 6 nitrogen and oxygen atoms in total. The molecular formula is C19H19NO5. The zero-order valence-electron chi connectivity index (χ0n) is 14.6. The van der Waals surface area contributed by atoms with Crippen molar-refractivity contribution in [1.82, 2.24) is 4.57 Å². The van der Waals surface area contributed by atoms with Crippen LogP contribution in [0, 0.1) is 0 Å². The van der Waals surface area contributed by atoms with E-state index in [1.165, 1.54) is 0 Å². The molecule has 130 valence electrons. The Bertz CT molecular complexity index is 1070. The van der Waals surface area contributed by atoms with Gasteiger partial charge in [0, 0.05) is 11.9 Å². The molecule has 0 N–H and O–H groups in total. The van der Waals surface area contributed by atoms with E-state index in [9.17, 15) is 4.79 Å². The molecule has 0 unspecified atom stereocenters. The van der Waals surface area contributed by atoms with Gasteiger partial charge in [0.05, 0.1) is 44.7 Å². The summed E-state index contributed by atoms with van der Waals surface area (Å²) in [7, 11) is 6.36. The number of rotatable bonds is 4. The van der Waals surface area contributed by atoms with Gasteiger partial charge >= 0.3 is 0 Å². The first-order chi connectivity index (χ1) is 12.2. The Morgan fingerprint density at radius 2 is 1.56 bits per heavy atom. The van der Waals surface area contributed by atoms with Gasteiger partial charge in [0.15, 0.2) is 23.0 Å². The van der Waals surface area contributed by atoms with Crippen LogP contribution in [-0.4, -0.2) is 33.0 Å². The maximum Gasteiger partial charge on any atom is 0.259 e. The van der Waals surface area contributed by atoms with Gasteiger partial charge in [-0.1, -0.05) is 0 Å². The fourth-order valence-electron chi connectivity index (χ4n) is 3.81. The molecule has 0 atom stereocenters. The smallest absolute Gasteiger partial charge is 0.259 e. The zero-order chi connectivity index (χ0) is 17.7.